The Bertz CT molecular complexity index is 667. The quantitative estimate of drug-likeness (QED) is 0.933. The number of carbonyl (C=O) groups excluding carboxylic acids is 2. The number of likely N-dealkylation sites (tertiary alicyclic amines) is 1. The minimum absolute atomic E-state index is 0.118. The van der Waals surface area contributed by atoms with Crippen molar-refractivity contribution in [3.05, 3.63) is 29.2 Å². The second kappa shape index (κ2) is 6.27. The number of amides is 2. The maximum Gasteiger partial charge on any atom is 0.289 e. The number of hydrogen-bond donors (Lipinski definition) is 1. The Labute approximate surface area is 131 Å². The number of piperidine rings is 1. The third kappa shape index (κ3) is 3.16. The molecule has 1 fully saturated rings. The number of aryl methyl sites for hydroxylation is 1. The number of hydrogen-bond acceptors (Lipinski definition) is 6. The normalized spacial score (nSPS) is 18.2. The van der Waals surface area contributed by atoms with E-state index in [4.69, 9.17) is 4.42 Å². The van der Waals surface area contributed by atoms with Crippen LogP contribution in [-0.4, -0.2) is 40.0 Å². The standard InChI is InChI=1S/C14H16N4O3S/c1-9-16-17-14(22-9)15-12(19)10-4-2-6-18(8-10)13(20)11-5-3-7-21-11/h3,5,7,10H,2,4,6,8H2,1H3,(H,15,17,19)/t10-/m0/s1. The van der Waals surface area contributed by atoms with Crippen molar-refractivity contribution in [1.82, 2.24) is 15.1 Å². The molecule has 2 aromatic heterocycles. The fourth-order valence-corrected chi connectivity index (χ4v) is 3.08. The first kappa shape index (κ1) is 14.7. The number of furan rings is 1. The van der Waals surface area contributed by atoms with Gasteiger partial charge in [0, 0.05) is 13.1 Å². The van der Waals surface area contributed by atoms with Gasteiger partial charge in [-0.3, -0.25) is 9.59 Å². The Kier molecular flexibility index (Phi) is 4.19. The van der Waals surface area contributed by atoms with Crippen LogP contribution >= 0.6 is 11.3 Å². The summed E-state index contributed by atoms with van der Waals surface area (Å²) < 4.78 is 5.13. The molecule has 1 aliphatic heterocycles. The largest absolute Gasteiger partial charge is 0.459 e. The lowest BCUT2D eigenvalue weighted by atomic mass is 9.97. The minimum atomic E-state index is -0.239. The summed E-state index contributed by atoms with van der Waals surface area (Å²) in [6, 6.07) is 3.31. The van der Waals surface area contributed by atoms with Crippen LogP contribution in [0.5, 0.6) is 0 Å². The summed E-state index contributed by atoms with van der Waals surface area (Å²) in [6.45, 7) is 2.86. The van der Waals surface area contributed by atoms with E-state index in [9.17, 15) is 9.59 Å². The fraction of sp³-hybridized carbons (Fsp3) is 0.429. The summed E-state index contributed by atoms with van der Waals surface area (Å²) >= 11 is 1.34. The van der Waals surface area contributed by atoms with Gasteiger partial charge in [0.15, 0.2) is 5.76 Å². The van der Waals surface area contributed by atoms with Crippen LogP contribution in [0.3, 0.4) is 0 Å². The second-order valence-corrected chi connectivity index (χ2v) is 6.36. The predicted octanol–water partition coefficient (Wildman–Crippen LogP) is 1.93. The molecule has 1 saturated heterocycles. The van der Waals surface area contributed by atoms with Crippen LogP contribution in [-0.2, 0) is 4.79 Å². The summed E-state index contributed by atoms with van der Waals surface area (Å²) in [5, 5.41) is 11.8. The lowest BCUT2D eigenvalue weighted by Crippen LogP contribution is -2.43. The van der Waals surface area contributed by atoms with Crippen LogP contribution < -0.4 is 5.32 Å². The van der Waals surface area contributed by atoms with Crippen molar-refractivity contribution >= 4 is 28.3 Å². The van der Waals surface area contributed by atoms with Crippen molar-refractivity contribution < 1.29 is 14.0 Å². The smallest absolute Gasteiger partial charge is 0.289 e. The Balaban J connectivity index is 1.62. The van der Waals surface area contributed by atoms with Crippen molar-refractivity contribution in [2.45, 2.75) is 19.8 Å². The lowest BCUT2D eigenvalue weighted by Gasteiger charge is -2.31. The molecule has 0 saturated carbocycles. The summed E-state index contributed by atoms with van der Waals surface area (Å²) in [6.07, 6.45) is 3.02. The number of nitrogens with zero attached hydrogens (tertiary/aromatic N) is 3. The minimum Gasteiger partial charge on any atom is -0.459 e. The summed E-state index contributed by atoms with van der Waals surface area (Å²) in [5.41, 5.74) is 0. The molecular weight excluding hydrogens is 304 g/mol. The molecule has 0 aliphatic carbocycles. The van der Waals surface area contributed by atoms with Gasteiger partial charge in [0.25, 0.3) is 5.91 Å². The second-order valence-electron chi connectivity index (χ2n) is 5.18. The van der Waals surface area contributed by atoms with Gasteiger partial charge in [0.1, 0.15) is 5.01 Å². The van der Waals surface area contributed by atoms with Gasteiger partial charge < -0.3 is 14.6 Å². The highest BCUT2D eigenvalue weighted by Gasteiger charge is 2.30. The van der Waals surface area contributed by atoms with Crippen LogP contribution in [0.4, 0.5) is 5.13 Å². The van der Waals surface area contributed by atoms with Gasteiger partial charge in [-0.1, -0.05) is 11.3 Å². The molecule has 8 heteroatoms. The third-order valence-electron chi connectivity index (χ3n) is 3.57. The van der Waals surface area contributed by atoms with Gasteiger partial charge in [-0.25, -0.2) is 0 Å². The van der Waals surface area contributed by atoms with E-state index in [2.05, 4.69) is 15.5 Å². The predicted molar refractivity (Wildman–Crippen MR) is 80.6 cm³/mol. The molecule has 0 aromatic carbocycles. The van der Waals surface area contributed by atoms with Crippen LogP contribution in [0.25, 0.3) is 0 Å². The molecule has 3 heterocycles. The van der Waals surface area contributed by atoms with Crippen molar-refractivity contribution in [2.24, 2.45) is 5.92 Å². The Morgan fingerprint density at radius 1 is 1.45 bits per heavy atom. The van der Waals surface area contributed by atoms with E-state index in [1.54, 1.807) is 17.0 Å². The summed E-state index contributed by atoms with van der Waals surface area (Å²) in [5.74, 6) is -0.222. The molecular formula is C14H16N4O3S. The first-order valence-electron chi connectivity index (χ1n) is 7.07. The third-order valence-corrected chi connectivity index (χ3v) is 4.32. The SMILES string of the molecule is Cc1nnc(NC(=O)[C@H]2CCCN(C(=O)c3ccco3)C2)s1. The van der Waals surface area contributed by atoms with Crippen LogP contribution in [0.15, 0.2) is 22.8 Å². The molecule has 116 valence electrons. The molecule has 22 heavy (non-hydrogen) atoms. The molecule has 7 nitrogen and oxygen atoms in total. The molecule has 2 amide bonds. The highest BCUT2D eigenvalue weighted by molar-refractivity contribution is 7.15. The highest BCUT2D eigenvalue weighted by Crippen LogP contribution is 2.21. The topological polar surface area (TPSA) is 88.3 Å². The van der Waals surface area contributed by atoms with E-state index < -0.39 is 0 Å². The van der Waals surface area contributed by atoms with E-state index in [1.807, 2.05) is 6.92 Å². The molecule has 3 rings (SSSR count). The molecule has 1 N–H and O–H groups in total. The van der Waals surface area contributed by atoms with Gasteiger partial charge in [-0.05, 0) is 31.9 Å². The lowest BCUT2D eigenvalue weighted by molar-refractivity contribution is -0.121. The average Bonchev–Trinajstić information content (AvgIpc) is 3.18. The zero-order valence-electron chi connectivity index (χ0n) is 12.1. The monoisotopic (exact) mass is 320 g/mol. The van der Waals surface area contributed by atoms with E-state index in [1.165, 1.54) is 17.6 Å². The number of nitrogens with one attached hydrogen (secondary N) is 1. The Morgan fingerprint density at radius 2 is 2.32 bits per heavy atom. The van der Waals surface area contributed by atoms with Gasteiger partial charge in [0.2, 0.25) is 11.0 Å². The van der Waals surface area contributed by atoms with E-state index in [0.29, 0.717) is 24.0 Å². The zero-order valence-corrected chi connectivity index (χ0v) is 12.9. The molecule has 0 spiro atoms. The summed E-state index contributed by atoms with van der Waals surface area (Å²) in [7, 11) is 0. The molecule has 1 atom stereocenters. The van der Waals surface area contributed by atoms with Crippen molar-refractivity contribution in [3.8, 4) is 0 Å². The Hall–Kier alpha value is -2.22. The molecule has 0 radical (unpaired) electrons. The molecule has 2 aromatic rings. The van der Waals surface area contributed by atoms with Crippen LogP contribution in [0, 0.1) is 12.8 Å². The van der Waals surface area contributed by atoms with E-state index >= 15 is 0 Å². The van der Waals surface area contributed by atoms with Crippen LogP contribution in [0.2, 0.25) is 0 Å². The maximum atomic E-state index is 12.3. The maximum absolute atomic E-state index is 12.3. The first-order chi connectivity index (χ1) is 10.6. The molecule has 0 bridgehead atoms. The van der Waals surface area contributed by atoms with Gasteiger partial charge in [0.05, 0.1) is 12.2 Å². The highest BCUT2D eigenvalue weighted by atomic mass is 32.1. The zero-order chi connectivity index (χ0) is 15.5. The fourth-order valence-electron chi connectivity index (χ4n) is 2.49. The number of aromatic nitrogens is 2. The number of carbonyl (C=O) groups is 2. The van der Waals surface area contributed by atoms with Crippen molar-refractivity contribution in [2.75, 3.05) is 18.4 Å². The first-order valence-corrected chi connectivity index (χ1v) is 7.89. The molecule has 0 unspecified atom stereocenters. The Morgan fingerprint density at radius 3 is 3.00 bits per heavy atom. The van der Waals surface area contributed by atoms with E-state index in [0.717, 1.165) is 17.8 Å². The van der Waals surface area contributed by atoms with Crippen molar-refractivity contribution in [3.63, 3.8) is 0 Å². The van der Waals surface area contributed by atoms with Gasteiger partial charge in [-0.15, -0.1) is 10.2 Å². The molecule has 1 aliphatic rings. The van der Waals surface area contributed by atoms with Gasteiger partial charge >= 0.3 is 0 Å². The van der Waals surface area contributed by atoms with E-state index in [-0.39, 0.29) is 17.7 Å². The number of anilines is 1. The number of rotatable bonds is 3. The van der Waals surface area contributed by atoms with Crippen LogP contribution in [0.1, 0.15) is 28.4 Å². The average molecular weight is 320 g/mol. The summed E-state index contributed by atoms with van der Waals surface area (Å²) in [4.78, 5) is 26.2. The van der Waals surface area contributed by atoms with Gasteiger partial charge in [-0.2, -0.15) is 0 Å². The van der Waals surface area contributed by atoms with Crippen molar-refractivity contribution in [1.29, 1.82) is 0 Å².